The van der Waals surface area contributed by atoms with Crippen molar-refractivity contribution in [3.63, 3.8) is 0 Å². The van der Waals surface area contributed by atoms with Gasteiger partial charge in [0.25, 0.3) is 0 Å². The van der Waals surface area contributed by atoms with Gasteiger partial charge in [-0.25, -0.2) is 0 Å². The fourth-order valence-electron chi connectivity index (χ4n) is 1.01. The highest BCUT2D eigenvalue weighted by atomic mass is 32.1. The van der Waals surface area contributed by atoms with Crippen molar-refractivity contribution in [1.82, 2.24) is 4.57 Å². The highest BCUT2D eigenvalue weighted by Crippen LogP contribution is 2.19. The first-order valence-electron chi connectivity index (χ1n) is 3.53. The van der Waals surface area contributed by atoms with Crippen LogP contribution in [-0.2, 0) is 0 Å². The minimum absolute atomic E-state index is 0.749. The molecule has 0 aliphatic rings. The molecular weight excluding hydrogens is 168 g/mol. The Morgan fingerprint density at radius 3 is 2.58 bits per heavy atom. The van der Waals surface area contributed by atoms with E-state index in [0.717, 1.165) is 9.88 Å². The summed E-state index contributed by atoms with van der Waals surface area (Å²) in [6.45, 7) is 0. The summed E-state index contributed by atoms with van der Waals surface area (Å²) in [7, 11) is 0. The molecule has 0 aromatic carbocycles. The molecule has 0 aliphatic carbocycles. The smallest absolute Gasteiger partial charge is 0.110 e. The molecule has 0 spiro atoms. The van der Waals surface area contributed by atoms with Crippen LogP contribution < -0.4 is 0 Å². The molecule has 0 unspecified atom stereocenters. The molecule has 0 atom stereocenters. The monoisotopic (exact) mass is 174 g/mol. The molecule has 0 fully saturated rings. The summed E-state index contributed by atoms with van der Waals surface area (Å²) in [5, 5.41) is 9.68. The standard InChI is InChI=1S/C9H6N2S/c10-7-8-3-4-9(12-8)11-5-1-2-6-11/h1-6H. The Hall–Kier alpha value is -1.53. The number of thiophene rings is 1. The van der Waals surface area contributed by atoms with Gasteiger partial charge in [0.15, 0.2) is 0 Å². The van der Waals surface area contributed by atoms with Crippen LogP contribution in [0.4, 0.5) is 0 Å². The van der Waals surface area contributed by atoms with Gasteiger partial charge in [0.05, 0.1) is 0 Å². The highest BCUT2D eigenvalue weighted by Gasteiger charge is 1.98. The van der Waals surface area contributed by atoms with Crippen LogP contribution in [0, 0.1) is 11.3 Å². The predicted octanol–water partition coefficient (Wildman–Crippen LogP) is 2.41. The van der Waals surface area contributed by atoms with Crippen LogP contribution in [0.2, 0.25) is 0 Å². The molecule has 2 heterocycles. The van der Waals surface area contributed by atoms with Gasteiger partial charge in [-0.15, -0.1) is 11.3 Å². The summed E-state index contributed by atoms with van der Waals surface area (Å²) in [5.41, 5.74) is 0. The fourth-order valence-corrected chi connectivity index (χ4v) is 1.78. The first-order valence-corrected chi connectivity index (χ1v) is 4.35. The third-order valence-electron chi connectivity index (χ3n) is 1.56. The van der Waals surface area contributed by atoms with Crippen molar-refractivity contribution in [2.24, 2.45) is 0 Å². The molecule has 2 aromatic rings. The van der Waals surface area contributed by atoms with Gasteiger partial charge in [0.2, 0.25) is 0 Å². The van der Waals surface area contributed by atoms with Crippen LogP contribution in [0.1, 0.15) is 4.88 Å². The van der Waals surface area contributed by atoms with Crippen molar-refractivity contribution in [3.8, 4) is 11.1 Å². The normalized spacial score (nSPS) is 9.58. The molecule has 0 saturated carbocycles. The maximum Gasteiger partial charge on any atom is 0.110 e. The van der Waals surface area contributed by atoms with Crippen LogP contribution in [-0.4, -0.2) is 4.57 Å². The fraction of sp³-hybridized carbons (Fsp3) is 0. The summed E-state index contributed by atoms with van der Waals surface area (Å²) in [5.74, 6) is 0. The van der Waals surface area contributed by atoms with E-state index >= 15 is 0 Å². The maximum absolute atomic E-state index is 8.60. The Labute approximate surface area is 74.3 Å². The van der Waals surface area contributed by atoms with Crippen molar-refractivity contribution in [3.05, 3.63) is 41.5 Å². The summed E-state index contributed by atoms with van der Waals surface area (Å²) < 4.78 is 1.99. The van der Waals surface area contributed by atoms with E-state index in [1.807, 2.05) is 41.2 Å². The summed E-state index contributed by atoms with van der Waals surface area (Å²) >= 11 is 1.49. The number of nitrogens with zero attached hydrogens (tertiary/aromatic N) is 2. The zero-order valence-corrected chi connectivity index (χ0v) is 7.08. The zero-order chi connectivity index (χ0) is 8.39. The summed E-state index contributed by atoms with van der Waals surface area (Å²) in [4.78, 5) is 0.749. The molecule has 2 rings (SSSR count). The van der Waals surface area contributed by atoms with Crippen LogP contribution in [0.5, 0.6) is 0 Å². The van der Waals surface area contributed by atoms with Gasteiger partial charge < -0.3 is 4.57 Å². The topological polar surface area (TPSA) is 28.7 Å². The Balaban J connectivity index is 2.44. The molecule has 0 N–H and O–H groups in total. The van der Waals surface area contributed by atoms with E-state index in [0.29, 0.717) is 0 Å². The molecule has 0 bridgehead atoms. The summed E-state index contributed by atoms with van der Waals surface area (Å²) in [6.07, 6.45) is 3.93. The summed E-state index contributed by atoms with van der Waals surface area (Å²) in [6, 6.07) is 9.82. The lowest BCUT2D eigenvalue weighted by atomic mass is 10.5. The largest absolute Gasteiger partial charge is 0.315 e. The number of rotatable bonds is 1. The van der Waals surface area contributed by atoms with Crippen molar-refractivity contribution in [2.45, 2.75) is 0 Å². The number of nitriles is 1. The molecule has 12 heavy (non-hydrogen) atoms. The average molecular weight is 174 g/mol. The quantitative estimate of drug-likeness (QED) is 0.652. The number of hydrogen-bond donors (Lipinski definition) is 0. The second-order valence-corrected chi connectivity index (χ2v) is 3.40. The van der Waals surface area contributed by atoms with Gasteiger partial charge in [-0.3, -0.25) is 0 Å². The minimum Gasteiger partial charge on any atom is -0.315 e. The van der Waals surface area contributed by atoms with E-state index in [1.54, 1.807) is 0 Å². The lowest BCUT2D eigenvalue weighted by molar-refractivity contribution is 1.11. The predicted molar refractivity (Wildman–Crippen MR) is 48.4 cm³/mol. The van der Waals surface area contributed by atoms with Crippen LogP contribution in [0.3, 0.4) is 0 Å². The minimum atomic E-state index is 0.749. The number of aromatic nitrogens is 1. The first kappa shape index (κ1) is 7.14. The molecule has 0 aliphatic heterocycles. The second kappa shape index (κ2) is 2.84. The maximum atomic E-state index is 8.60. The molecule has 58 valence electrons. The molecule has 0 saturated heterocycles. The molecule has 2 nitrogen and oxygen atoms in total. The SMILES string of the molecule is N#Cc1ccc(-n2cccc2)s1. The van der Waals surface area contributed by atoms with E-state index in [2.05, 4.69) is 6.07 Å². The van der Waals surface area contributed by atoms with Crippen molar-refractivity contribution in [1.29, 1.82) is 5.26 Å². The van der Waals surface area contributed by atoms with E-state index in [9.17, 15) is 0 Å². The average Bonchev–Trinajstić information content (AvgIpc) is 2.75. The van der Waals surface area contributed by atoms with Gasteiger partial charge in [0, 0.05) is 12.4 Å². The van der Waals surface area contributed by atoms with Crippen LogP contribution >= 0.6 is 11.3 Å². The van der Waals surface area contributed by atoms with Crippen molar-refractivity contribution in [2.75, 3.05) is 0 Å². The second-order valence-electron chi connectivity index (χ2n) is 2.34. The van der Waals surface area contributed by atoms with Gasteiger partial charge in [-0.2, -0.15) is 5.26 Å². The molecule has 3 heteroatoms. The Kier molecular flexibility index (Phi) is 1.69. The number of hydrogen-bond acceptors (Lipinski definition) is 2. The lowest BCUT2D eigenvalue weighted by Crippen LogP contribution is -1.81. The molecule has 0 amide bonds. The third-order valence-corrected chi connectivity index (χ3v) is 2.56. The van der Waals surface area contributed by atoms with Gasteiger partial charge in [0.1, 0.15) is 15.9 Å². The Bertz CT molecular complexity index is 406. The van der Waals surface area contributed by atoms with E-state index in [-0.39, 0.29) is 0 Å². The molecule has 0 radical (unpaired) electrons. The molecule has 2 aromatic heterocycles. The van der Waals surface area contributed by atoms with E-state index in [4.69, 9.17) is 5.26 Å². The van der Waals surface area contributed by atoms with E-state index < -0.39 is 0 Å². The molecular formula is C9H6N2S. The van der Waals surface area contributed by atoms with Gasteiger partial charge in [-0.05, 0) is 24.3 Å². The Morgan fingerprint density at radius 2 is 2.00 bits per heavy atom. The van der Waals surface area contributed by atoms with Gasteiger partial charge in [-0.1, -0.05) is 0 Å². The Morgan fingerprint density at radius 1 is 1.25 bits per heavy atom. The first-order chi connectivity index (χ1) is 5.90. The highest BCUT2D eigenvalue weighted by molar-refractivity contribution is 7.15. The van der Waals surface area contributed by atoms with Crippen molar-refractivity contribution >= 4 is 11.3 Å². The zero-order valence-electron chi connectivity index (χ0n) is 6.27. The van der Waals surface area contributed by atoms with E-state index in [1.165, 1.54) is 11.3 Å². The lowest BCUT2D eigenvalue weighted by Gasteiger charge is -1.93. The van der Waals surface area contributed by atoms with Crippen molar-refractivity contribution < 1.29 is 0 Å². The van der Waals surface area contributed by atoms with Gasteiger partial charge >= 0.3 is 0 Å². The van der Waals surface area contributed by atoms with Crippen LogP contribution in [0.25, 0.3) is 5.00 Å². The van der Waals surface area contributed by atoms with Crippen LogP contribution in [0.15, 0.2) is 36.7 Å². The third kappa shape index (κ3) is 1.13.